The Morgan fingerprint density at radius 1 is 1.24 bits per heavy atom. The summed E-state index contributed by atoms with van der Waals surface area (Å²) in [7, 11) is 0. The number of hydrogen-bond acceptors (Lipinski definition) is 3. The van der Waals surface area contributed by atoms with Crippen LogP contribution in [-0.2, 0) is 9.59 Å². The molecule has 0 spiro atoms. The number of hydrogen-bond donors (Lipinski definition) is 0. The Morgan fingerprint density at radius 2 is 1.76 bits per heavy atom. The van der Waals surface area contributed by atoms with Crippen LogP contribution in [-0.4, -0.2) is 17.4 Å². The Labute approximate surface area is 123 Å². The summed E-state index contributed by atoms with van der Waals surface area (Å²) in [6.45, 7) is 8.64. The lowest BCUT2D eigenvalue weighted by Gasteiger charge is -2.37. The Balaban J connectivity index is 2.56. The van der Waals surface area contributed by atoms with E-state index in [0.717, 1.165) is 0 Å². The average Bonchev–Trinajstić information content (AvgIpc) is 2.62. The van der Waals surface area contributed by atoms with E-state index in [1.54, 1.807) is 6.92 Å². The molecule has 1 aliphatic heterocycles. The first-order valence-electron chi connectivity index (χ1n) is 6.79. The van der Waals surface area contributed by atoms with Gasteiger partial charge in [0, 0.05) is 0 Å². The van der Waals surface area contributed by atoms with E-state index >= 15 is 0 Å². The number of anilines is 1. The van der Waals surface area contributed by atoms with E-state index in [1.807, 2.05) is 20.8 Å². The van der Waals surface area contributed by atoms with Gasteiger partial charge in [0.15, 0.2) is 11.2 Å². The first-order valence-corrected chi connectivity index (χ1v) is 6.79. The molecule has 1 aliphatic rings. The fourth-order valence-corrected chi connectivity index (χ4v) is 3.14. The molecule has 1 atom stereocenters. The SMILES string of the molecule is CC(=O)C1(C(C)(C)C)C(=O)N(c2ccc(F)cc2)N=C1C. The van der Waals surface area contributed by atoms with Crippen LogP contribution >= 0.6 is 0 Å². The summed E-state index contributed by atoms with van der Waals surface area (Å²) in [5.74, 6) is -1.00. The van der Waals surface area contributed by atoms with Gasteiger partial charge in [-0.05, 0) is 43.5 Å². The normalized spacial score (nSPS) is 22.5. The van der Waals surface area contributed by atoms with Gasteiger partial charge in [0.1, 0.15) is 5.82 Å². The number of benzene rings is 1. The molecule has 1 unspecified atom stereocenters. The zero-order valence-corrected chi connectivity index (χ0v) is 12.9. The van der Waals surface area contributed by atoms with Crippen LogP contribution in [0.15, 0.2) is 29.4 Å². The van der Waals surface area contributed by atoms with Crippen molar-refractivity contribution in [3.05, 3.63) is 30.1 Å². The first-order chi connectivity index (χ1) is 9.62. The van der Waals surface area contributed by atoms with E-state index in [2.05, 4.69) is 5.10 Å². The molecule has 1 amide bonds. The van der Waals surface area contributed by atoms with Crippen LogP contribution in [0.2, 0.25) is 0 Å². The van der Waals surface area contributed by atoms with Gasteiger partial charge in [0.05, 0.1) is 11.4 Å². The fourth-order valence-electron chi connectivity index (χ4n) is 3.14. The smallest absolute Gasteiger partial charge is 0.267 e. The summed E-state index contributed by atoms with van der Waals surface area (Å²) in [5, 5.41) is 5.46. The van der Waals surface area contributed by atoms with E-state index in [9.17, 15) is 14.0 Å². The molecule has 0 saturated heterocycles. The summed E-state index contributed by atoms with van der Waals surface area (Å²) in [4.78, 5) is 25.2. The van der Waals surface area contributed by atoms with E-state index in [1.165, 1.54) is 36.2 Å². The van der Waals surface area contributed by atoms with Gasteiger partial charge in [-0.3, -0.25) is 9.59 Å². The molecule has 0 aromatic heterocycles. The summed E-state index contributed by atoms with van der Waals surface area (Å²) in [6.07, 6.45) is 0. The Hall–Kier alpha value is -2.04. The third-order valence-corrected chi connectivity index (χ3v) is 4.03. The van der Waals surface area contributed by atoms with Gasteiger partial charge in [-0.1, -0.05) is 20.8 Å². The minimum absolute atomic E-state index is 0.231. The fraction of sp³-hybridized carbons (Fsp3) is 0.438. The number of rotatable bonds is 2. The van der Waals surface area contributed by atoms with Crippen LogP contribution in [0.25, 0.3) is 0 Å². The zero-order valence-electron chi connectivity index (χ0n) is 12.9. The Morgan fingerprint density at radius 3 is 2.14 bits per heavy atom. The van der Waals surface area contributed by atoms with Gasteiger partial charge in [-0.25, -0.2) is 4.39 Å². The van der Waals surface area contributed by atoms with Gasteiger partial charge < -0.3 is 0 Å². The van der Waals surface area contributed by atoms with E-state index < -0.39 is 10.8 Å². The van der Waals surface area contributed by atoms with Crippen molar-refractivity contribution in [3.63, 3.8) is 0 Å². The summed E-state index contributed by atoms with van der Waals surface area (Å²) in [6, 6.07) is 5.47. The summed E-state index contributed by atoms with van der Waals surface area (Å²) >= 11 is 0. The van der Waals surface area contributed by atoms with Crippen molar-refractivity contribution in [3.8, 4) is 0 Å². The van der Waals surface area contributed by atoms with Gasteiger partial charge in [0.2, 0.25) is 0 Å². The highest BCUT2D eigenvalue weighted by Gasteiger charge is 2.60. The maximum absolute atomic E-state index is 13.0. The predicted octanol–water partition coefficient (Wildman–Crippen LogP) is 3.17. The largest absolute Gasteiger partial charge is 0.298 e. The molecule has 1 aromatic carbocycles. The van der Waals surface area contributed by atoms with Crippen LogP contribution in [0.5, 0.6) is 0 Å². The molecule has 5 heteroatoms. The second kappa shape index (κ2) is 4.76. The first kappa shape index (κ1) is 15.4. The summed E-state index contributed by atoms with van der Waals surface area (Å²) in [5.41, 5.74) is -0.954. The lowest BCUT2D eigenvalue weighted by Crippen LogP contribution is -2.53. The predicted molar refractivity (Wildman–Crippen MR) is 79.6 cm³/mol. The number of Topliss-reactive ketones (excluding diaryl/α,β-unsaturated/α-hetero) is 1. The molecule has 2 rings (SSSR count). The number of nitrogens with zero attached hydrogens (tertiary/aromatic N) is 2. The molecule has 0 saturated carbocycles. The lowest BCUT2D eigenvalue weighted by atomic mass is 9.61. The quantitative estimate of drug-likeness (QED) is 0.785. The molecular formula is C16H19FN2O2. The minimum atomic E-state index is -1.28. The van der Waals surface area contributed by atoms with Crippen molar-refractivity contribution in [1.29, 1.82) is 0 Å². The highest BCUT2D eigenvalue weighted by molar-refractivity contribution is 6.31. The van der Waals surface area contributed by atoms with Crippen molar-refractivity contribution in [2.75, 3.05) is 5.01 Å². The van der Waals surface area contributed by atoms with Crippen LogP contribution < -0.4 is 5.01 Å². The maximum Gasteiger partial charge on any atom is 0.267 e. The number of carbonyl (C=O) groups excluding carboxylic acids is 2. The molecule has 0 radical (unpaired) electrons. The lowest BCUT2D eigenvalue weighted by molar-refractivity contribution is -0.139. The third-order valence-electron chi connectivity index (χ3n) is 4.03. The van der Waals surface area contributed by atoms with Crippen molar-refractivity contribution in [1.82, 2.24) is 0 Å². The molecule has 112 valence electrons. The van der Waals surface area contributed by atoms with Crippen LogP contribution in [0.1, 0.15) is 34.6 Å². The summed E-state index contributed by atoms with van der Waals surface area (Å²) < 4.78 is 13.0. The van der Waals surface area contributed by atoms with Crippen molar-refractivity contribution in [2.45, 2.75) is 34.6 Å². The average molecular weight is 290 g/mol. The maximum atomic E-state index is 13.0. The number of amides is 1. The molecular weight excluding hydrogens is 271 g/mol. The monoisotopic (exact) mass is 290 g/mol. The molecule has 0 aliphatic carbocycles. The van der Waals surface area contributed by atoms with Gasteiger partial charge in [0.25, 0.3) is 5.91 Å². The van der Waals surface area contributed by atoms with Gasteiger partial charge >= 0.3 is 0 Å². The van der Waals surface area contributed by atoms with Gasteiger partial charge in [-0.2, -0.15) is 10.1 Å². The molecule has 4 nitrogen and oxygen atoms in total. The zero-order chi connectivity index (χ0) is 16.0. The van der Waals surface area contributed by atoms with Crippen LogP contribution in [0.4, 0.5) is 10.1 Å². The molecule has 1 aromatic rings. The molecule has 1 heterocycles. The van der Waals surface area contributed by atoms with E-state index in [-0.39, 0.29) is 17.5 Å². The standard InChI is InChI=1S/C16H19FN2O2/c1-10-16(11(2)20,15(3,4)5)14(21)19(18-10)13-8-6-12(17)7-9-13/h6-9H,1-5H3. The van der Waals surface area contributed by atoms with E-state index in [0.29, 0.717) is 11.4 Å². The van der Waals surface area contributed by atoms with E-state index in [4.69, 9.17) is 0 Å². The number of carbonyl (C=O) groups is 2. The van der Waals surface area contributed by atoms with Gasteiger partial charge in [-0.15, -0.1) is 0 Å². The number of halogens is 1. The molecule has 0 bridgehead atoms. The van der Waals surface area contributed by atoms with Crippen molar-refractivity contribution in [2.24, 2.45) is 15.9 Å². The van der Waals surface area contributed by atoms with Crippen LogP contribution in [0, 0.1) is 16.6 Å². The Bertz CT molecular complexity index is 629. The molecule has 0 fully saturated rings. The number of ketones is 1. The Kier molecular flexibility index (Phi) is 3.48. The highest BCUT2D eigenvalue weighted by Crippen LogP contribution is 2.46. The highest BCUT2D eigenvalue weighted by atomic mass is 19.1. The molecule has 0 N–H and O–H groups in total. The minimum Gasteiger partial charge on any atom is -0.298 e. The second-order valence-electron chi connectivity index (χ2n) is 6.33. The molecule has 21 heavy (non-hydrogen) atoms. The second-order valence-corrected chi connectivity index (χ2v) is 6.33. The number of hydrazone groups is 1. The van der Waals surface area contributed by atoms with Crippen molar-refractivity contribution >= 4 is 23.1 Å². The topological polar surface area (TPSA) is 49.7 Å². The third kappa shape index (κ3) is 2.07. The van der Waals surface area contributed by atoms with Crippen molar-refractivity contribution < 1.29 is 14.0 Å². The van der Waals surface area contributed by atoms with Crippen LogP contribution in [0.3, 0.4) is 0 Å².